The van der Waals surface area contributed by atoms with Crippen molar-refractivity contribution in [2.24, 2.45) is 5.92 Å². The van der Waals surface area contributed by atoms with E-state index in [-0.39, 0.29) is 5.56 Å². The lowest BCUT2D eigenvalue weighted by atomic mass is 10.1. The number of hydrogen-bond donors (Lipinski definition) is 1. The molecule has 2 rings (SSSR count). The first-order chi connectivity index (χ1) is 10.1. The molecule has 1 N–H and O–H groups in total. The quantitative estimate of drug-likeness (QED) is 0.837. The molecule has 1 fully saturated rings. The van der Waals surface area contributed by atoms with Gasteiger partial charge in [-0.15, -0.1) is 0 Å². The molecule has 1 atom stereocenters. The Morgan fingerprint density at radius 3 is 2.76 bits per heavy atom. The zero-order chi connectivity index (χ0) is 15.2. The van der Waals surface area contributed by atoms with Crippen molar-refractivity contribution < 1.29 is 4.74 Å². The summed E-state index contributed by atoms with van der Waals surface area (Å²) in [6.07, 6.45) is 4.15. The molecule has 0 aromatic carbocycles. The maximum atomic E-state index is 12.2. The first-order valence-electron chi connectivity index (χ1n) is 7.63. The number of hydrogen-bond acceptors (Lipinski definition) is 5. The summed E-state index contributed by atoms with van der Waals surface area (Å²) in [7, 11) is 3.68. The van der Waals surface area contributed by atoms with E-state index in [9.17, 15) is 4.79 Å². The van der Waals surface area contributed by atoms with Crippen LogP contribution in [0.3, 0.4) is 0 Å². The summed E-state index contributed by atoms with van der Waals surface area (Å²) >= 11 is 0. The number of rotatable bonds is 6. The van der Waals surface area contributed by atoms with Crippen molar-refractivity contribution in [3.8, 4) is 0 Å². The van der Waals surface area contributed by atoms with Crippen molar-refractivity contribution in [1.29, 1.82) is 0 Å². The predicted molar refractivity (Wildman–Crippen MR) is 83.8 cm³/mol. The van der Waals surface area contributed by atoms with E-state index < -0.39 is 0 Å². The number of nitrogens with zero attached hydrogens (tertiary/aromatic N) is 3. The molecule has 1 unspecified atom stereocenters. The highest BCUT2D eigenvalue weighted by Gasteiger charge is 2.19. The molecule has 0 bridgehead atoms. The SMILES string of the molecule is CNCC(C)Cn1ncc(N2CCC(OC)CC2)cc1=O. The number of methoxy groups -OCH3 is 1. The van der Waals surface area contributed by atoms with Gasteiger partial charge in [-0.3, -0.25) is 4.79 Å². The largest absolute Gasteiger partial charge is 0.381 e. The summed E-state index contributed by atoms with van der Waals surface area (Å²) in [6.45, 7) is 5.46. The Hall–Kier alpha value is -1.40. The van der Waals surface area contributed by atoms with Crippen LogP contribution >= 0.6 is 0 Å². The van der Waals surface area contributed by atoms with E-state index >= 15 is 0 Å². The zero-order valence-corrected chi connectivity index (χ0v) is 13.2. The Bertz CT molecular complexity index is 495. The van der Waals surface area contributed by atoms with Gasteiger partial charge >= 0.3 is 0 Å². The monoisotopic (exact) mass is 294 g/mol. The summed E-state index contributed by atoms with van der Waals surface area (Å²) < 4.78 is 6.92. The Morgan fingerprint density at radius 1 is 1.48 bits per heavy atom. The summed E-state index contributed by atoms with van der Waals surface area (Å²) in [5.74, 6) is 0.378. The van der Waals surface area contributed by atoms with Gasteiger partial charge in [0.1, 0.15) is 0 Å². The van der Waals surface area contributed by atoms with E-state index in [4.69, 9.17) is 4.74 Å². The second-order valence-electron chi connectivity index (χ2n) is 5.82. The van der Waals surface area contributed by atoms with Crippen LogP contribution in [-0.2, 0) is 11.3 Å². The molecule has 1 aliphatic heterocycles. The van der Waals surface area contributed by atoms with Crippen LogP contribution in [0.25, 0.3) is 0 Å². The van der Waals surface area contributed by atoms with Gasteiger partial charge in [0, 0.05) is 32.8 Å². The fraction of sp³-hybridized carbons (Fsp3) is 0.733. The van der Waals surface area contributed by atoms with Gasteiger partial charge in [0.2, 0.25) is 0 Å². The minimum atomic E-state index is -0.0238. The predicted octanol–water partition coefficient (Wildman–Crippen LogP) is 0.714. The maximum absolute atomic E-state index is 12.2. The van der Waals surface area contributed by atoms with E-state index in [2.05, 4.69) is 22.2 Å². The van der Waals surface area contributed by atoms with Gasteiger partial charge in [-0.25, -0.2) is 4.68 Å². The zero-order valence-electron chi connectivity index (χ0n) is 13.2. The number of aromatic nitrogens is 2. The Kier molecular flexibility index (Phi) is 5.76. The molecule has 6 nitrogen and oxygen atoms in total. The summed E-state index contributed by atoms with van der Waals surface area (Å²) in [5, 5.41) is 7.43. The Morgan fingerprint density at radius 2 is 2.19 bits per heavy atom. The Labute approximate surface area is 126 Å². The maximum Gasteiger partial charge on any atom is 0.268 e. The van der Waals surface area contributed by atoms with Crippen LogP contribution in [0.15, 0.2) is 17.1 Å². The van der Waals surface area contributed by atoms with E-state index in [0.29, 0.717) is 18.6 Å². The van der Waals surface area contributed by atoms with Gasteiger partial charge in [-0.2, -0.15) is 5.10 Å². The molecule has 1 aromatic heterocycles. The van der Waals surface area contributed by atoms with Gasteiger partial charge in [-0.1, -0.05) is 6.92 Å². The smallest absolute Gasteiger partial charge is 0.268 e. The van der Waals surface area contributed by atoms with Crippen molar-refractivity contribution in [2.45, 2.75) is 32.4 Å². The molecule has 1 aromatic rings. The van der Waals surface area contributed by atoms with Gasteiger partial charge in [-0.05, 0) is 32.4 Å². The summed E-state index contributed by atoms with van der Waals surface area (Å²) in [4.78, 5) is 14.4. The van der Waals surface area contributed by atoms with Crippen molar-refractivity contribution >= 4 is 5.69 Å². The topological polar surface area (TPSA) is 59.4 Å². The number of anilines is 1. The molecule has 21 heavy (non-hydrogen) atoms. The van der Waals surface area contributed by atoms with Crippen LogP contribution in [0.4, 0.5) is 5.69 Å². The van der Waals surface area contributed by atoms with Crippen LogP contribution < -0.4 is 15.8 Å². The average molecular weight is 294 g/mol. The lowest BCUT2D eigenvalue weighted by molar-refractivity contribution is 0.0819. The first kappa shape index (κ1) is 16.0. The van der Waals surface area contributed by atoms with E-state index in [1.165, 1.54) is 0 Å². The van der Waals surface area contributed by atoms with Crippen LogP contribution in [0, 0.1) is 5.92 Å². The normalized spacial score (nSPS) is 18.0. The van der Waals surface area contributed by atoms with E-state index in [0.717, 1.165) is 38.2 Å². The molecular weight excluding hydrogens is 268 g/mol. The molecular formula is C15H26N4O2. The third-order valence-corrected chi connectivity index (χ3v) is 4.03. The molecule has 0 saturated carbocycles. The number of piperidine rings is 1. The average Bonchev–Trinajstić information content (AvgIpc) is 2.50. The summed E-state index contributed by atoms with van der Waals surface area (Å²) in [5.41, 5.74) is 0.899. The highest BCUT2D eigenvalue weighted by molar-refractivity contribution is 5.43. The molecule has 0 radical (unpaired) electrons. The van der Waals surface area contributed by atoms with Crippen molar-refractivity contribution in [3.63, 3.8) is 0 Å². The second-order valence-corrected chi connectivity index (χ2v) is 5.82. The number of ether oxygens (including phenoxy) is 1. The highest BCUT2D eigenvalue weighted by Crippen LogP contribution is 2.18. The van der Waals surface area contributed by atoms with Crippen LogP contribution in [-0.4, -0.2) is 49.7 Å². The minimum absolute atomic E-state index is 0.0238. The van der Waals surface area contributed by atoms with Crippen LogP contribution in [0.5, 0.6) is 0 Å². The number of nitrogens with one attached hydrogen (secondary N) is 1. The molecule has 118 valence electrons. The molecule has 2 heterocycles. The molecule has 6 heteroatoms. The fourth-order valence-electron chi connectivity index (χ4n) is 2.79. The van der Waals surface area contributed by atoms with Crippen molar-refractivity contribution in [1.82, 2.24) is 15.1 Å². The highest BCUT2D eigenvalue weighted by atomic mass is 16.5. The minimum Gasteiger partial charge on any atom is -0.381 e. The van der Waals surface area contributed by atoms with E-state index in [1.807, 2.05) is 7.05 Å². The van der Waals surface area contributed by atoms with Crippen molar-refractivity contribution in [3.05, 3.63) is 22.6 Å². The van der Waals surface area contributed by atoms with Gasteiger partial charge < -0.3 is 15.0 Å². The molecule has 0 amide bonds. The fourth-order valence-corrected chi connectivity index (χ4v) is 2.79. The third-order valence-electron chi connectivity index (χ3n) is 4.03. The first-order valence-corrected chi connectivity index (χ1v) is 7.63. The van der Waals surface area contributed by atoms with E-state index in [1.54, 1.807) is 24.1 Å². The van der Waals surface area contributed by atoms with Gasteiger partial charge in [0.05, 0.1) is 18.0 Å². The molecule has 1 aliphatic rings. The molecule has 0 spiro atoms. The summed E-state index contributed by atoms with van der Waals surface area (Å²) in [6, 6.07) is 1.70. The van der Waals surface area contributed by atoms with Gasteiger partial charge in [0.15, 0.2) is 0 Å². The Balaban J connectivity index is 2.00. The standard InChI is InChI=1S/C15H26N4O2/c1-12(9-16-2)11-19-15(20)8-13(10-17-19)18-6-4-14(21-3)5-7-18/h8,10,12,14,16H,4-7,9,11H2,1-3H3. The van der Waals surface area contributed by atoms with Crippen LogP contribution in [0.1, 0.15) is 19.8 Å². The van der Waals surface area contributed by atoms with Crippen LogP contribution in [0.2, 0.25) is 0 Å². The molecule has 1 saturated heterocycles. The third kappa shape index (κ3) is 4.28. The molecule has 0 aliphatic carbocycles. The lowest BCUT2D eigenvalue weighted by Crippen LogP contribution is -2.38. The van der Waals surface area contributed by atoms with Crippen molar-refractivity contribution in [2.75, 3.05) is 38.7 Å². The second kappa shape index (κ2) is 7.56. The lowest BCUT2D eigenvalue weighted by Gasteiger charge is -2.32. The van der Waals surface area contributed by atoms with Gasteiger partial charge in [0.25, 0.3) is 5.56 Å².